The Balaban J connectivity index is 2.56. The lowest BCUT2D eigenvalue weighted by Crippen LogP contribution is -2.31. The number of carboxylic acids is 1. The number of carbonyl (C=O) groups is 2. The minimum Gasteiger partial charge on any atom is -0.481 e. The van der Waals surface area contributed by atoms with E-state index in [1.54, 1.807) is 6.92 Å². The third-order valence-corrected chi connectivity index (χ3v) is 3.28. The van der Waals surface area contributed by atoms with Gasteiger partial charge in [-0.15, -0.1) is 11.3 Å². The first-order valence-electron chi connectivity index (χ1n) is 5.13. The molecule has 16 heavy (non-hydrogen) atoms. The van der Waals surface area contributed by atoms with Crippen LogP contribution in [0.5, 0.6) is 0 Å². The number of rotatable bonds is 5. The van der Waals surface area contributed by atoms with Crippen molar-refractivity contribution in [3.8, 4) is 0 Å². The molecule has 4 nitrogen and oxygen atoms in total. The fraction of sp³-hybridized carbons (Fsp3) is 0.455. The molecule has 0 aliphatic heterocycles. The van der Waals surface area contributed by atoms with Gasteiger partial charge in [0, 0.05) is 6.54 Å². The summed E-state index contributed by atoms with van der Waals surface area (Å²) in [6.07, 6.45) is 0.806. The zero-order valence-corrected chi connectivity index (χ0v) is 10.1. The van der Waals surface area contributed by atoms with Gasteiger partial charge in [0.25, 0.3) is 5.91 Å². The van der Waals surface area contributed by atoms with Crippen molar-refractivity contribution in [3.05, 3.63) is 21.9 Å². The maximum atomic E-state index is 11.7. The van der Waals surface area contributed by atoms with Crippen molar-refractivity contribution in [1.82, 2.24) is 5.32 Å². The second-order valence-corrected chi connectivity index (χ2v) is 4.49. The molecule has 0 saturated heterocycles. The van der Waals surface area contributed by atoms with Crippen LogP contribution in [0.15, 0.2) is 11.4 Å². The molecule has 0 fully saturated rings. The first-order valence-corrected chi connectivity index (χ1v) is 6.01. The Morgan fingerprint density at radius 3 is 2.81 bits per heavy atom. The lowest BCUT2D eigenvalue weighted by molar-refractivity contribution is -0.140. The van der Waals surface area contributed by atoms with Crippen LogP contribution in [0, 0.1) is 5.92 Å². The summed E-state index contributed by atoms with van der Waals surface area (Å²) >= 11 is 1.38. The van der Waals surface area contributed by atoms with E-state index >= 15 is 0 Å². The second-order valence-electron chi connectivity index (χ2n) is 3.58. The SMILES string of the molecule is CCc1ccsc1C(=O)NCC(C)C(=O)O. The smallest absolute Gasteiger partial charge is 0.308 e. The van der Waals surface area contributed by atoms with Crippen LogP contribution in [0.3, 0.4) is 0 Å². The van der Waals surface area contributed by atoms with Crippen molar-refractivity contribution in [1.29, 1.82) is 0 Å². The number of aryl methyl sites for hydroxylation is 1. The van der Waals surface area contributed by atoms with E-state index < -0.39 is 11.9 Å². The Morgan fingerprint density at radius 2 is 2.25 bits per heavy atom. The van der Waals surface area contributed by atoms with Crippen LogP contribution in [-0.2, 0) is 11.2 Å². The van der Waals surface area contributed by atoms with Crippen LogP contribution in [-0.4, -0.2) is 23.5 Å². The Hall–Kier alpha value is -1.36. The predicted octanol–water partition coefficient (Wildman–Crippen LogP) is 1.76. The van der Waals surface area contributed by atoms with Crippen molar-refractivity contribution in [2.24, 2.45) is 5.92 Å². The zero-order valence-electron chi connectivity index (χ0n) is 9.32. The van der Waals surface area contributed by atoms with E-state index in [1.807, 2.05) is 18.4 Å². The Labute approximate surface area is 98.3 Å². The van der Waals surface area contributed by atoms with E-state index in [9.17, 15) is 9.59 Å². The fourth-order valence-corrected chi connectivity index (χ4v) is 2.14. The predicted molar refractivity (Wildman–Crippen MR) is 62.8 cm³/mol. The van der Waals surface area contributed by atoms with E-state index in [2.05, 4.69) is 5.32 Å². The Kier molecular flexibility index (Phi) is 4.49. The molecular weight excluding hydrogens is 226 g/mol. The molecule has 1 heterocycles. The van der Waals surface area contributed by atoms with Crippen LogP contribution in [0.2, 0.25) is 0 Å². The molecule has 88 valence electrons. The van der Waals surface area contributed by atoms with Gasteiger partial charge in [-0.25, -0.2) is 0 Å². The normalized spacial score (nSPS) is 12.1. The van der Waals surface area contributed by atoms with Crippen LogP contribution >= 0.6 is 11.3 Å². The quantitative estimate of drug-likeness (QED) is 0.825. The number of thiophene rings is 1. The van der Waals surface area contributed by atoms with Gasteiger partial charge in [0.15, 0.2) is 0 Å². The fourth-order valence-electron chi connectivity index (χ4n) is 1.23. The molecule has 0 saturated carbocycles. The van der Waals surface area contributed by atoms with Gasteiger partial charge in [-0.2, -0.15) is 0 Å². The van der Waals surface area contributed by atoms with Gasteiger partial charge in [-0.05, 0) is 23.4 Å². The van der Waals surface area contributed by atoms with Gasteiger partial charge < -0.3 is 10.4 Å². The van der Waals surface area contributed by atoms with Gasteiger partial charge in [-0.1, -0.05) is 13.8 Å². The molecule has 5 heteroatoms. The largest absolute Gasteiger partial charge is 0.481 e. The van der Waals surface area contributed by atoms with E-state index in [4.69, 9.17) is 5.11 Å². The standard InChI is InChI=1S/C11H15NO3S/c1-3-8-4-5-16-9(8)10(13)12-6-7(2)11(14)15/h4-5,7H,3,6H2,1-2H3,(H,12,13)(H,14,15). The Morgan fingerprint density at radius 1 is 1.56 bits per heavy atom. The molecule has 1 amide bonds. The van der Waals surface area contributed by atoms with Gasteiger partial charge in [0.05, 0.1) is 10.8 Å². The molecule has 1 rings (SSSR count). The highest BCUT2D eigenvalue weighted by molar-refractivity contribution is 7.12. The summed E-state index contributed by atoms with van der Waals surface area (Å²) in [5, 5.41) is 13.2. The number of hydrogen-bond donors (Lipinski definition) is 2. The molecule has 1 atom stereocenters. The molecule has 1 aromatic rings. The summed E-state index contributed by atoms with van der Waals surface area (Å²) in [4.78, 5) is 23.0. The summed E-state index contributed by atoms with van der Waals surface area (Å²) in [6, 6.07) is 1.92. The summed E-state index contributed by atoms with van der Waals surface area (Å²) in [5.41, 5.74) is 1.01. The number of aliphatic carboxylic acids is 1. The van der Waals surface area contributed by atoms with Gasteiger partial charge in [0.2, 0.25) is 0 Å². The average Bonchev–Trinajstić information content (AvgIpc) is 2.73. The van der Waals surface area contributed by atoms with E-state index in [0.29, 0.717) is 4.88 Å². The molecule has 0 aliphatic rings. The maximum absolute atomic E-state index is 11.7. The average molecular weight is 241 g/mol. The third kappa shape index (κ3) is 3.06. The monoisotopic (exact) mass is 241 g/mol. The summed E-state index contributed by atoms with van der Waals surface area (Å²) in [5.74, 6) is -1.64. The Bertz CT molecular complexity index is 386. The van der Waals surface area contributed by atoms with Crippen LogP contribution in [0.25, 0.3) is 0 Å². The molecule has 0 radical (unpaired) electrons. The molecule has 0 aliphatic carbocycles. The van der Waals surface area contributed by atoms with Crippen molar-refractivity contribution in [2.45, 2.75) is 20.3 Å². The molecule has 1 unspecified atom stereocenters. The molecule has 2 N–H and O–H groups in total. The number of carbonyl (C=O) groups excluding carboxylic acids is 1. The van der Waals surface area contributed by atoms with E-state index in [-0.39, 0.29) is 12.5 Å². The minimum atomic E-state index is -0.901. The molecular formula is C11H15NO3S. The van der Waals surface area contributed by atoms with Crippen molar-refractivity contribution >= 4 is 23.2 Å². The van der Waals surface area contributed by atoms with Gasteiger partial charge >= 0.3 is 5.97 Å². The highest BCUT2D eigenvalue weighted by Crippen LogP contribution is 2.17. The van der Waals surface area contributed by atoms with Crippen LogP contribution in [0.4, 0.5) is 0 Å². The lowest BCUT2D eigenvalue weighted by Gasteiger charge is -2.08. The first-order chi connectivity index (χ1) is 7.56. The molecule has 0 spiro atoms. The van der Waals surface area contributed by atoms with E-state index in [0.717, 1.165) is 12.0 Å². The summed E-state index contributed by atoms with van der Waals surface area (Å²) < 4.78 is 0. The lowest BCUT2D eigenvalue weighted by atomic mass is 10.1. The highest BCUT2D eigenvalue weighted by Gasteiger charge is 2.15. The maximum Gasteiger partial charge on any atom is 0.308 e. The van der Waals surface area contributed by atoms with Crippen molar-refractivity contribution < 1.29 is 14.7 Å². The number of nitrogens with one attached hydrogen (secondary N) is 1. The second kappa shape index (κ2) is 5.65. The third-order valence-electron chi connectivity index (χ3n) is 2.32. The molecule has 0 bridgehead atoms. The van der Waals surface area contributed by atoms with Crippen LogP contribution < -0.4 is 5.32 Å². The highest BCUT2D eigenvalue weighted by atomic mass is 32.1. The topological polar surface area (TPSA) is 66.4 Å². The summed E-state index contributed by atoms with van der Waals surface area (Å²) in [6.45, 7) is 3.71. The molecule has 0 aromatic carbocycles. The van der Waals surface area contributed by atoms with E-state index in [1.165, 1.54) is 11.3 Å². The van der Waals surface area contributed by atoms with Gasteiger partial charge in [0.1, 0.15) is 0 Å². The first kappa shape index (κ1) is 12.7. The summed E-state index contributed by atoms with van der Waals surface area (Å²) in [7, 11) is 0. The minimum absolute atomic E-state index is 0.162. The van der Waals surface area contributed by atoms with Crippen molar-refractivity contribution in [3.63, 3.8) is 0 Å². The van der Waals surface area contributed by atoms with Crippen molar-refractivity contribution in [2.75, 3.05) is 6.54 Å². The van der Waals surface area contributed by atoms with Gasteiger partial charge in [-0.3, -0.25) is 9.59 Å². The zero-order chi connectivity index (χ0) is 12.1. The number of carboxylic acid groups (broad SMARTS) is 1. The molecule has 1 aromatic heterocycles. The number of hydrogen-bond acceptors (Lipinski definition) is 3. The van der Waals surface area contributed by atoms with Crippen LogP contribution in [0.1, 0.15) is 29.1 Å². The number of amides is 1.